The smallest absolute Gasteiger partial charge is 0.0995 e. The molecule has 0 atom stereocenters. The molecule has 0 spiro atoms. The van der Waals surface area contributed by atoms with Gasteiger partial charge in [0, 0.05) is 11.4 Å². The zero-order valence-electron chi connectivity index (χ0n) is 8.18. The van der Waals surface area contributed by atoms with Crippen molar-refractivity contribution in [2.24, 2.45) is 0 Å². The molecule has 1 aromatic rings. The van der Waals surface area contributed by atoms with Gasteiger partial charge in [0.25, 0.3) is 0 Å². The van der Waals surface area contributed by atoms with Crippen LogP contribution in [0.25, 0.3) is 0 Å². The molecule has 0 unspecified atom stereocenters. The third kappa shape index (κ3) is 1.25. The van der Waals surface area contributed by atoms with Crippen molar-refractivity contribution < 1.29 is 0 Å². The molecule has 1 nitrogen and oxygen atoms in total. The van der Waals surface area contributed by atoms with Crippen LogP contribution in [0.3, 0.4) is 0 Å². The van der Waals surface area contributed by atoms with Crippen LogP contribution in [0.5, 0.6) is 0 Å². The number of aromatic nitrogens is 1. The molecule has 0 aliphatic heterocycles. The predicted molar refractivity (Wildman–Crippen MR) is 52.1 cm³/mol. The highest BCUT2D eigenvalue weighted by Crippen LogP contribution is 2.20. The second-order valence-corrected chi connectivity index (χ2v) is 3.65. The monoisotopic (exact) mass is 161 g/mol. The summed E-state index contributed by atoms with van der Waals surface area (Å²) in [7, 11) is 0. The summed E-state index contributed by atoms with van der Waals surface area (Å²) < 4.78 is 2.17. The SMILES string of the molecule is C#CC(C)(C)n1c(C)ccc1C. The number of hydrogen-bond donors (Lipinski definition) is 0. The van der Waals surface area contributed by atoms with Crippen molar-refractivity contribution >= 4 is 0 Å². The first kappa shape index (κ1) is 8.93. The first-order chi connectivity index (χ1) is 5.49. The first-order valence-corrected chi connectivity index (χ1v) is 4.12. The van der Waals surface area contributed by atoms with Gasteiger partial charge >= 0.3 is 0 Å². The summed E-state index contributed by atoms with van der Waals surface area (Å²) >= 11 is 0. The highest BCUT2D eigenvalue weighted by atomic mass is 15.1. The van der Waals surface area contributed by atoms with Crippen molar-refractivity contribution in [1.82, 2.24) is 4.57 Å². The third-order valence-corrected chi connectivity index (χ3v) is 2.18. The van der Waals surface area contributed by atoms with E-state index in [9.17, 15) is 0 Å². The molecular weight excluding hydrogens is 146 g/mol. The summed E-state index contributed by atoms with van der Waals surface area (Å²) in [6, 6.07) is 4.18. The van der Waals surface area contributed by atoms with Gasteiger partial charge < -0.3 is 4.57 Å². The minimum Gasteiger partial charge on any atom is -0.333 e. The predicted octanol–water partition coefficient (Wildman–Crippen LogP) is 2.47. The molecule has 0 aliphatic rings. The molecule has 0 N–H and O–H groups in total. The summed E-state index contributed by atoms with van der Waals surface area (Å²) in [4.78, 5) is 0. The van der Waals surface area contributed by atoms with E-state index in [1.54, 1.807) is 0 Å². The van der Waals surface area contributed by atoms with E-state index in [4.69, 9.17) is 6.42 Å². The molecule has 0 saturated heterocycles. The molecule has 0 saturated carbocycles. The van der Waals surface area contributed by atoms with Crippen molar-refractivity contribution in [3.05, 3.63) is 23.5 Å². The average Bonchev–Trinajstić information content (AvgIpc) is 2.31. The molecule has 64 valence electrons. The lowest BCUT2D eigenvalue weighted by atomic mass is 10.1. The zero-order valence-corrected chi connectivity index (χ0v) is 8.18. The molecule has 0 aliphatic carbocycles. The largest absolute Gasteiger partial charge is 0.333 e. The van der Waals surface area contributed by atoms with Gasteiger partial charge in [-0.15, -0.1) is 6.42 Å². The second-order valence-electron chi connectivity index (χ2n) is 3.65. The fraction of sp³-hybridized carbons (Fsp3) is 0.455. The quantitative estimate of drug-likeness (QED) is 0.558. The van der Waals surface area contributed by atoms with Crippen LogP contribution in [0.1, 0.15) is 25.2 Å². The summed E-state index contributed by atoms with van der Waals surface area (Å²) in [5, 5.41) is 0. The fourth-order valence-corrected chi connectivity index (χ4v) is 1.61. The van der Waals surface area contributed by atoms with E-state index < -0.39 is 0 Å². The van der Waals surface area contributed by atoms with E-state index in [1.165, 1.54) is 11.4 Å². The Balaban J connectivity index is 3.28. The van der Waals surface area contributed by atoms with Crippen molar-refractivity contribution in [3.63, 3.8) is 0 Å². The van der Waals surface area contributed by atoms with Crippen molar-refractivity contribution in [1.29, 1.82) is 0 Å². The van der Waals surface area contributed by atoms with Crippen LogP contribution >= 0.6 is 0 Å². The van der Waals surface area contributed by atoms with E-state index >= 15 is 0 Å². The van der Waals surface area contributed by atoms with Gasteiger partial charge in [0.05, 0.1) is 5.54 Å². The van der Waals surface area contributed by atoms with Gasteiger partial charge in [0.15, 0.2) is 0 Å². The lowest BCUT2D eigenvalue weighted by Gasteiger charge is -2.24. The maximum absolute atomic E-state index is 5.46. The highest BCUT2D eigenvalue weighted by Gasteiger charge is 2.18. The normalized spacial score (nSPS) is 11.2. The average molecular weight is 161 g/mol. The first-order valence-electron chi connectivity index (χ1n) is 4.12. The molecule has 1 aromatic heterocycles. The minimum absolute atomic E-state index is 0.211. The molecule has 0 aromatic carbocycles. The van der Waals surface area contributed by atoms with Gasteiger partial charge in [-0.25, -0.2) is 0 Å². The number of terminal acetylenes is 1. The summed E-state index contributed by atoms with van der Waals surface area (Å²) in [5.74, 6) is 2.79. The van der Waals surface area contributed by atoms with Crippen molar-refractivity contribution in [2.45, 2.75) is 33.2 Å². The molecule has 12 heavy (non-hydrogen) atoms. The van der Waals surface area contributed by atoms with E-state index in [-0.39, 0.29) is 5.54 Å². The Hall–Kier alpha value is -1.16. The van der Waals surface area contributed by atoms with Gasteiger partial charge in [-0.3, -0.25) is 0 Å². The Morgan fingerprint density at radius 1 is 1.25 bits per heavy atom. The molecule has 1 heteroatoms. The minimum atomic E-state index is -0.211. The van der Waals surface area contributed by atoms with Crippen LogP contribution in [-0.4, -0.2) is 4.57 Å². The standard InChI is InChI=1S/C11H15N/c1-6-11(4,5)12-9(2)7-8-10(12)3/h1,7-8H,2-5H3. The lowest BCUT2D eigenvalue weighted by molar-refractivity contribution is 0.457. The lowest BCUT2D eigenvalue weighted by Crippen LogP contribution is -2.25. The number of nitrogens with zero attached hydrogens (tertiary/aromatic N) is 1. The van der Waals surface area contributed by atoms with Crippen molar-refractivity contribution in [3.8, 4) is 12.3 Å². The van der Waals surface area contributed by atoms with Crippen LogP contribution < -0.4 is 0 Å². The van der Waals surface area contributed by atoms with E-state index in [1.807, 2.05) is 13.8 Å². The van der Waals surface area contributed by atoms with Gasteiger partial charge in [-0.05, 0) is 39.8 Å². The summed E-state index contributed by atoms with van der Waals surface area (Å²) in [5.41, 5.74) is 2.23. The molecular formula is C11H15N. The van der Waals surface area contributed by atoms with E-state index in [0.717, 1.165) is 0 Å². The Morgan fingerprint density at radius 3 is 2.00 bits per heavy atom. The Kier molecular flexibility index (Phi) is 2.02. The molecule has 1 heterocycles. The number of hydrogen-bond acceptors (Lipinski definition) is 0. The highest BCUT2D eigenvalue weighted by molar-refractivity contribution is 5.21. The maximum Gasteiger partial charge on any atom is 0.0995 e. The molecule has 1 rings (SSSR count). The zero-order chi connectivity index (χ0) is 9.35. The van der Waals surface area contributed by atoms with Crippen LogP contribution in [0.2, 0.25) is 0 Å². The van der Waals surface area contributed by atoms with Crippen LogP contribution in [0.15, 0.2) is 12.1 Å². The summed E-state index contributed by atoms with van der Waals surface area (Å²) in [6.45, 7) is 8.25. The molecule has 0 amide bonds. The molecule has 0 fully saturated rings. The molecule has 0 bridgehead atoms. The topological polar surface area (TPSA) is 4.93 Å². The van der Waals surface area contributed by atoms with Crippen LogP contribution in [0.4, 0.5) is 0 Å². The van der Waals surface area contributed by atoms with E-state index in [0.29, 0.717) is 0 Å². The van der Waals surface area contributed by atoms with Crippen LogP contribution in [0, 0.1) is 26.2 Å². The number of rotatable bonds is 1. The summed E-state index contributed by atoms with van der Waals surface area (Å²) in [6.07, 6.45) is 5.46. The second kappa shape index (κ2) is 2.71. The Bertz CT molecular complexity index is 304. The van der Waals surface area contributed by atoms with Gasteiger partial charge in [0.2, 0.25) is 0 Å². The fourth-order valence-electron chi connectivity index (χ4n) is 1.61. The molecule has 0 radical (unpaired) electrons. The van der Waals surface area contributed by atoms with Crippen LogP contribution in [-0.2, 0) is 5.54 Å². The van der Waals surface area contributed by atoms with Gasteiger partial charge in [0.1, 0.15) is 0 Å². The maximum atomic E-state index is 5.46. The van der Waals surface area contributed by atoms with E-state index in [2.05, 4.69) is 36.5 Å². The Morgan fingerprint density at radius 2 is 1.67 bits per heavy atom. The van der Waals surface area contributed by atoms with Crippen molar-refractivity contribution in [2.75, 3.05) is 0 Å². The third-order valence-electron chi connectivity index (χ3n) is 2.18. The van der Waals surface area contributed by atoms with Gasteiger partial charge in [-0.1, -0.05) is 5.92 Å². The Labute approximate surface area is 74.4 Å². The van der Waals surface area contributed by atoms with Gasteiger partial charge in [-0.2, -0.15) is 0 Å². The number of aryl methyl sites for hydroxylation is 2.